The first-order valence-electron chi connectivity index (χ1n) is 8.07. The molecule has 0 aromatic rings. The van der Waals surface area contributed by atoms with E-state index in [1.165, 1.54) is 0 Å². The normalized spacial score (nSPS) is 15.6. The zero-order valence-electron chi connectivity index (χ0n) is 15.1. The Morgan fingerprint density at radius 2 is 1.60 bits per heavy atom. The molecule has 1 aliphatic heterocycles. The Balaban J connectivity index is 0. The third-order valence-corrected chi connectivity index (χ3v) is 3.96. The van der Waals surface area contributed by atoms with Gasteiger partial charge in [-0.2, -0.15) is 0 Å². The lowest BCUT2D eigenvalue weighted by Gasteiger charge is -2.32. The van der Waals surface area contributed by atoms with E-state index in [0.29, 0.717) is 0 Å². The van der Waals surface area contributed by atoms with Crippen molar-refractivity contribution in [2.45, 2.75) is 26.3 Å². The lowest BCUT2D eigenvalue weighted by atomic mass is 10.1. The summed E-state index contributed by atoms with van der Waals surface area (Å²) < 4.78 is 0. The molecule has 1 saturated heterocycles. The Bertz CT molecular complexity index is 429. The number of hydrogen-bond donors (Lipinski definition) is 3. The molecule has 0 aliphatic carbocycles. The molecule has 0 radical (unpaired) electrons. The van der Waals surface area contributed by atoms with Crippen molar-refractivity contribution < 1.29 is 14.4 Å². The third-order valence-electron chi connectivity index (χ3n) is 3.96. The number of piperazine rings is 1. The van der Waals surface area contributed by atoms with Crippen molar-refractivity contribution >= 4 is 42.5 Å². The van der Waals surface area contributed by atoms with Gasteiger partial charge in [-0.05, 0) is 13.0 Å². The predicted molar refractivity (Wildman–Crippen MR) is 102 cm³/mol. The highest BCUT2D eigenvalue weighted by Crippen LogP contribution is 2.01. The number of carbonyl (C=O) groups excluding carboxylic acids is 3. The van der Waals surface area contributed by atoms with E-state index in [-0.39, 0.29) is 68.0 Å². The van der Waals surface area contributed by atoms with Crippen LogP contribution < -0.4 is 16.4 Å². The molecule has 1 atom stereocenters. The van der Waals surface area contributed by atoms with Crippen molar-refractivity contribution in [3.8, 4) is 0 Å². The second kappa shape index (κ2) is 13.2. The van der Waals surface area contributed by atoms with Crippen LogP contribution in [0.5, 0.6) is 0 Å². The summed E-state index contributed by atoms with van der Waals surface area (Å²) in [5, 5.41) is 5.13. The monoisotopic (exact) mass is 399 g/mol. The molecule has 148 valence electrons. The highest BCUT2D eigenvalue weighted by molar-refractivity contribution is 5.87. The summed E-state index contributed by atoms with van der Waals surface area (Å²) in [4.78, 5) is 39.2. The Morgan fingerprint density at radius 3 is 2.12 bits per heavy atom. The van der Waals surface area contributed by atoms with Crippen LogP contribution in [0.2, 0.25) is 0 Å². The van der Waals surface area contributed by atoms with Crippen molar-refractivity contribution in [3.63, 3.8) is 0 Å². The molecule has 1 fully saturated rings. The molecule has 0 aromatic heterocycles. The molecule has 25 heavy (non-hydrogen) atoms. The number of nitrogens with two attached hydrogens (primary N) is 1. The van der Waals surface area contributed by atoms with E-state index in [2.05, 4.69) is 15.5 Å². The van der Waals surface area contributed by atoms with Crippen LogP contribution in [0.15, 0.2) is 0 Å². The SMILES string of the molecule is CC(C)[C@H](N)C(=O)NCC(=O)NCCC(=O)N1CCN(C)CC1.Cl.Cl. The van der Waals surface area contributed by atoms with Crippen molar-refractivity contribution in [1.82, 2.24) is 20.4 Å². The highest BCUT2D eigenvalue weighted by atomic mass is 35.5. The van der Waals surface area contributed by atoms with Gasteiger partial charge in [0.2, 0.25) is 17.7 Å². The van der Waals surface area contributed by atoms with Gasteiger partial charge in [0, 0.05) is 39.1 Å². The first-order valence-corrected chi connectivity index (χ1v) is 8.07. The summed E-state index contributed by atoms with van der Waals surface area (Å²) in [7, 11) is 2.03. The predicted octanol–water partition coefficient (Wildman–Crippen LogP) is -0.790. The second-order valence-electron chi connectivity index (χ2n) is 6.27. The number of likely N-dealkylation sites (N-methyl/N-ethyl adjacent to an activating group) is 1. The first kappa shape index (κ1) is 26.1. The maximum atomic E-state index is 12.0. The van der Waals surface area contributed by atoms with Gasteiger partial charge in [0.15, 0.2) is 0 Å². The van der Waals surface area contributed by atoms with Crippen molar-refractivity contribution in [3.05, 3.63) is 0 Å². The van der Waals surface area contributed by atoms with Gasteiger partial charge in [-0.3, -0.25) is 14.4 Å². The second-order valence-corrected chi connectivity index (χ2v) is 6.27. The van der Waals surface area contributed by atoms with Gasteiger partial charge in [0.25, 0.3) is 0 Å². The van der Waals surface area contributed by atoms with Crippen LogP contribution >= 0.6 is 24.8 Å². The zero-order chi connectivity index (χ0) is 17.4. The molecule has 1 aliphatic rings. The molecular formula is C15H31Cl2N5O3. The highest BCUT2D eigenvalue weighted by Gasteiger charge is 2.19. The van der Waals surface area contributed by atoms with Gasteiger partial charge in [0.1, 0.15) is 0 Å². The van der Waals surface area contributed by atoms with E-state index in [9.17, 15) is 14.4 Å². The maximum absolute atomic E-state index is 12.0. The maximum Gasteiger partial charge on any atom is 0.239 e. The number of hydrogen-bond acceptors (Lipinski definition) is 5. The first-order chi connectivity index (χ1) is 10.8. The molecule has 10 heteroatoms. The molecule has 0 bridgehead atoms. The van der Waals surface area contributed by atoms with Gasteiger partial charge in [-0.15, -0.1) is 24.8 Å². The van der Waals surface area contributed by atoms with Crippen molar-refractivity contribution in [2.24, 2.45) is 11.7 Å². The van der Waals surface area contributed by atoms with Crippen LogP contribution in [0.4, 0.5) is 0 Å². The molecule has 1 rings (SSSR count). The Morgan fingerprint density at radius 1 is 1.04 bits per heavy atom. The smallest absolute Gasteiger partial charge is 0.239 e. The molecule has 1 heterocycles. The molecule has 0 spiro atoms. The molecule has 3 amide bonds. The van der Waals surface area contributed by atoms with E-state index in [1.54, 1.807) is 0 Å². The van der Waals surface area contributed by atoms with Crippen LogP contribution in [0.25, 0.3) is 0 Å². The average molecular weight is 400 g/mol. The summed E-state index contributed by atoms with van der Waals surface area (Å²) >= 11 is 0. The summed E-state index contributed by atoms with van der Waals surface area (Å²) in [6, 6.07) is -0.624. The van der Waals surface area contributed by atoms with Crippen LogP contribution in [0.1, 0.15) is 20.3 Å². The summed E-state index contributed by atoms with van der Waals surface area (Å²) in [6.45, 7) is 7.04. The lowest BCUT2D eigenvalue weighted by Crippen LogP contribution is -2.48. The fourth-order valence-electron chi connectivity index (χ4n) is 2.17. The van der Waals surface area contributed by atoms with Gasteiger partial charge < -0.3 is 26.2 Å². The van der Waals surface area contributed by atoms with Gasteiger partial charge in [-0.1, -0.05) is 13.8 Å². The van der Waals surface area contributed by atoms with E-state index in [0.717, 1.165) is 26.2 Å². The Labute approximate surface area is 162 Å². The number of nitrogens with one attached hydrogen (secondary N) is 2. The lowest BCUT2D eigenvalue weighted by molar-refractivity contribution is -0.133. The number of rotatable bonds is 7. The number of halogens is 2. The van der Waals surface area contributed by atoms with Crippen LogP contribution in [-0.4, -0.2) is 79.9 Å². The molecule has 8 nitrogen and oxygen atoms in total. The summed E-state index contributed by atoms with van der Waals surface area (Å²) in [5.74, 6) is -0.604. The fraction of sp³-hybridized carbons (Fsp3) is 0.800. The van der Waals surface area contributed by atoms with Crippen LogP contribution in [-0.2, 0) is 14.4 Å². The minimum atomic E-state index is -0.624. The fourth-order valence-corrected chi connectivity index (χ4v) is 2.17. The number of nitrogens with zero attached hydrogens (tertiary/aromatic N) is 2. The molecule has 4 N–H and O–H groups in total. The minimum Gasteiger partial charge on any atom is -0.354 e. The number of amides is 3. The topological polar surface area (TPSA) is 108 Å². The van der Waals surface area contributed by atoms with Gasteiger partial charge >= 0.3 is 0 Å². The Hall–Kier alpha value is -1.09. The summed E-state index contributed by atoms with van der Waals surface area (Å²) in [6.07, 6.45) is 0.273. The zero-order valence-corrected chi connectivity index (χ0v) is 16.8. The molecular weight excluding hydrogens is 369 g/mol. The van der Waals surface area contributed by atoms with Gasteiger partial charge in [0.05, 0.1) is 12.6 Å². The standard InChI is InChI=1S/C15H29N5O3.2ClH/c1-11(2)14(16)15(23)18-10-12(21)17-5-4-13(22)20-8-6-19(3)7-9-20;;/h11,14H,4-10,16H2,1-3H3,(H,17,21)(H,18,23);2*1H/t14-;;/m0../s1. The van der Waals surface area contributed by atoms with Gasteiger partial charge in [-0.25, -0.2) is 0 Å². The Kier molecular flexibility index (Phi) is 13.8. The third kappa shape index (κ3) is 9.84. The van der Waals surface area contributed by atoms with E-state index >= 15 is 0 Å². The molecule has 0 aromatic carbocycles. The average Bonchev–Trinajstić information content (AvgIpc) is 2.52. The quantitative estimate of drug-likeness (QED) is 0.519. The van der Waals surface area contributed by atoms with Crippen LogP contribution in [0, 0.1) is 5.92 Å². The number of carbonyl (C=O) groups is 3. The van der Waals surface area contributed by atoms with Crippen molar-refractivity contribution in [1.29, 1.82) is 0 Å². The van der Waals surface area contributed by atoms with Crippen molar-refractivity contribution in [2.75, 3.05) is 46.3 Å². The molecule has 0 saturated carbocycles. The largest absolute Gasteiger partial charge is 0.354 e. The minimum absolute atomic E-state index is 0. The van der Waals surface area contributed by atoms with E-state index < -0.39 is 6.04 Å². The van der Waals surface area contributed by atoms with E-state index in [1.807, 2.05) is 25.8 Å². The van der Waals surface area contributed by atoms with Crippen LogP contribution in [0.3, 0.4) is 0 Å². The summed E-state index contributed by atoms with van der Waals surface area (Å²) in [5.41, 5.74) is 5.68. The molecule has 0 unspecified atom stereocenters. The van der Waals surface area contributed by atoms with E-state index in [4.69, 9.17) is 5.73 Å².